The van der Waals surface area contributed by atoms with Crippen LogP contribution in [0.2, 0.25) is 0 Å². The first-order valence-corrected chi connectivity index (χ1v) is 12.3. The second-order valence-corrected chi connectivity index (χ2v) is 9.06. The Balaban J connectivity index is 1.29. The van der Waals surface area contributed by atoms with Crippen molar-refractivity contribution in [2.75, 3.05) is 48.4 Å². The summed E-state index contributed by atoms with van der Waals surface area (Å²) in [5.74, 6) is 0.529. The number of nitrogens with one attached hydrogen (secondary N) is 3. The van der Waals surface area contributed by atoms with Gasteiger partial charge in [-0.3, -0.25) is 10.1 Å². The van der Waals surface area contributed by atoms with Crippen LogP contribution in [0.5, 0.6) is 0 Å². The van der Waals surface area contributed by atoms with Crippen LogP contribution in [0.15, 0.2) is 24.5 Å². The highest BCUT2D eigenvalue weighted by atomic mass is 16.5. The number of piperidine rings is 1. The van der Waals surface area contributed by atoms with E-state index in [1.54, 1.807) is 0 Å². The average molecular weight is 500 g/mol. The fraction of sp³-hybridized carbons (Fsp3) is 0.542. The maximum atomic E-state index is 11.5. The molecule has 2 aliphatic heterocycles. The lowest BCUT2D eigenvalue weighted by Crippen LogP contribution is -2.44. The third kappa shape index (κ3) is 6.58. The van der Waals surface area contributed by atoms with Gasteiger partial charge < -0.3 is 30.5 Å². The predicted molar refractivity (Wildman–Crippen MR) is 133 cm³/mol. The van der Waals surface area contributed by atoms with Crippen molar-refractivity contribution in [3.63, 3.8) is 0 Å². The van der Waals surface area contributed by atoms with E-state index < -0.39 is 24.1 Å². The Kier molecular flexibility index (Phi) is 8.49. The molecule has 0 aliphatic carbocycles. The van der Waals surface area contributed by atoms with Crippen LogP contribution in [0.1, 0.15) is 43.4 Å². The smallest absolute Gasteiger partial charge is 0.332 e. The average Bonchev–Trinajstić information content (AvgIpc) is 2.90. The van der Waals surface area contributed by atoms with Gasteiger partial charge in [0.25, 0.3) is 0 Å². The largest absolute Gasteiger partial charge is 0.480 e. The third-order valence-electron chi connectivity index (χ3n) is 6.60. The van der Waals surface area contributed by atoms with Crippen molar-refractivity contribution in [3.8, 4) is 0 Å². The quantitative estimate of drug-likeness (QED) is 0.284. The second-order valence-electron chi connectivity index (χ2n) is 9.06. The number of carbonyl (C=O) groups is 2. The predicted octanol–water partition coefficient (Wildman–Crippen LogP) is 1.52. The number of rotatable bonds is 11. The van der Waals surface area contributed by atoms with Crippen LogP contribution in [0.4, 0.5) is 17.5 Å². The standard InChI is InChI=1S/C24H33N7O5/c1-15(23(32)33)36-14-29-19(24(34)35)12-26-20-11-21(28-13-27-20)31-9-6-16(7-10-31)18-5-4-17-3-2-8-25-22(17)30-18/h4-5,11,13,15-16,19,29H,2-3,6-10,12,14H2,1H3,(H,25,30)(H,32,33)(H,34,35)(H,26,27,28)/t15-,19-/m0/s1. The lowest BCUT2D eigenvalue weighted by atomic mass is 9.92. The number of hydrogen-bond acceptors (Lipinski definition) is 10. The molecule has 0 unspecified atom stereocenters. The van der Waals surface area contributed by atoms with Crippen LogP contribution in [-0.2, 0) is 20.7 Å². The molecule has 2 aliphatic rings. The minimum absolute atomic E-state index is 0.0384. The number of carboxylic acids is 2. The first-order valence-electron chi connectivity index (χ1n) is 12.3. The van der Waals surface area contributed by atoms with Crippen molar-refractivity contribution < 1.29 is 24.5 Å². The van der Waals surface area contributed by atoms with Gasteiger partial charge in [-0.1, -0.05) is 6.07 Å². The van der Waals surface area contributed by atoms with Gasteiger partial charge in [0.05, 0.1) is 6.73 Å². The molecule has 2 aromatic heterocycles. The van der Waals surface area contributed by atoms with Gasteiger partial charge in [0.1, 0.15) is 29.8 Å². The molecular weight excluding hydrogens is 466 g/mol. The van der Waals surface area contributed by atoms with Gasteiger partial charge in [-0.25, -0.2) is 19.7 Å². The van der Waals surface area contributed by atoms with Crippen LogP contribution >= 0.6 is 0 Å². The summed E-state index contributed by atoms with van der Waals surface area (Å²) in [6.07, 6.45) is 4.60. The van der Waals surface area contributed by atoms with Crippen molar-refractivity contribution in [1.29, 1.82) is 0 Å². The zero-order chi connectivity index (χ0) is 25.5. The summed E-state index contributed by atoms with van der Waals surface area (Å²) in [6, 6.07) is 5.19. The highest BCUT2D eigenvalue weighted by molar-refractivity contribution is 5.74. The molecule has 1 saturated heterocycles. The number of aromatic nitrogens is 3. The normalized spacial score (nSPS) is 17.5. The number of nitrogens with zero attached hydrogens (tertiary/aromatic N) is 4. The van der Waals surface area contributed by atoms with Gasteiger partial charge in [-0.15, -0.1) is 0 Å². The molecular formula is C24H33N7O5. The van der Waals surface area contributed by atoms with Gasteiger partial charge in [0.15, 0.2) is 6.10 Å². The topological polar surface area (TPSA) is 162 Å². The minimum atomic E-state index is -1.12. The Bertz CT molecular complexity index is 1060. The molecule has 1 fully saturated rings. The third-order valence-corrected chi connectivity index (χ3v) is 6.60. The number of aryl methyl sites for hydroxylation is 1. The van der Waals surface area contributed by atoms with Gasteiger partial charge in [-0.2, -0.15) is 0 Å². The molecule has 36 heavy (non-hydrogen) atoms. The van der Waals surface area contributed by atoms with E-state index >= 15 is 0 Å². The molecule has 0 radical (unpaired) electrons. The van der Waals surface area contributed by atoms with E-state index in [1.165, 1.54) is 18.8 Å². The first-order chi connectivity index (χ1) is 17.4. The van der Waals surface area contributed by atoms with Crippen molar-refractivity contribution in [2.24, 2.45) is 0 Å². The Morgan fingerprint density at radius 1 is 1.22 bits per heavy atom. The number of pyridine rings is 1. The molecule has 4 rings (SSSR count). The van der Waals surface area contributed by atoms with Crippen molar-refractivity contribution >= 4 is 29.4 Å². The molecule has 2 atom stereocenters. The van der Waals surface area contributed by atoms with Crippen LogP contribution in [-0.4, -0.2) is 82.2 Å². The van der Waals surface area contributed by atoms with Crippen LogP contribution in [0, 0.1) is 0 Å². The maximum Gasteiger partial charge on any atom is 0.332 e. The maximum absolute atomic E-state index is 11.5. The van der Waals surface area contributed by atoms with E-state index in [4.69, 9.17) is 14.8 Å². The molecule has 4 heterocycles. The summed E-state index contributed by atoms with van der Waals surface area (Å²) < 4.78 is 5.06. The number of fused-ring (bicyclic) bond motifs is 1. The fourth-order valence-corrected chi connectivity index (χ4v) is 4.39. The van der Waals surface area contributed by atoms with Crippen LogP contribution in [0.3, 0.4) is 0 Å². The zero-order valence-corrected chi connectivity index (χ0v) is 20.3. The first kappa shape index (κ1) is 25.6. The number of ether oxygens (including phenoxy) is 1. The lowest BCUT2D eigenvalue weighted by Gasteiger charge is -2.33. The Hall–Kier alpha value is -3.51. The monoisotopic (exact) mass is 499 g/mol. The van der Waals surface area contributed by atoms with E-state index in [2.05, 4.69) is 43.0 Å². The van der Waals surface area contributed by atoms with E-state index in [0.29, 0.717) is 11.7 Å². The summed E-state index contributed by atoms with van der Waals surface area (Å²) in [4.78, 5) is 38.1. The summed E-state index contributed by atoms with van der Waals surface area (Å²) in [5, 5.41) is 27.4. The Morgan fingerprint density at radius 3 is 2.78 bits per heavy atom. The van der Waals surface area contributed by atoms with Crippen LogP contribution in [0.25, 0.3) is 0 Å². The fourth-order valence-electron chi connectivity index (χ4n) is 4.39. The number of aliphatic carboxylic acids is 2. The molecule has 12 heteroatoms. The van der Waals surface area contributed by atoms with Crippen molar-refractivity contribution in [3.05, 3.63) is 35.8 Å². The van der Waals surface area contributed by atoms with E-state index in [9.17, 15) is 14.7 Å². The number of hydrogen-bond donors (Lipinski definition) is 5. The zero-order valence-electron chi connectivity index (χ0n) is 20.3. The highest BCUT2D eigenvalue weighted by Crippen LogP contribution is 2.31. The molecule has 0 saturated carbocycles. The summed E-state index contributed by atoms with van der Waals surface area (Å²) >= 11 is 0. The summed E-state index contributed by atoms with van der Waals surface area (Å²) in [7, 11) is 0. The van der Waals surface area contributed by atoms with Crippen molar-refractivity contribution in [1.82, 2.24) is 20.3 Å². The molecule has 0 bridgehead atoms. The van der Waals surface area contributed by atoms with E-state index in [1.807, 2.05) is 6.07 Å². The Morgan fingerprint density at radius 2 is 2.03 bits per heavy atom. The van der Waals surface area contributed by atoms with Gasteiger partial charge in [0, 0.05) is 43.9 Å². The van der Waals surface area contributed by atoms with E-state index in [-0.39, 0.29) is 13.3 Å². The van der Waals surface area contributed by atoms with Crippen LogP contribution < -0.4 is 20.9 Å². The molecule has 2 aromatic rings. The molecule has 5 N–H and O–H groups in total. The number of anilines is 3. The molecule has 12 nitrogen and oxygen atoms in total. The molecule has 0 amide bonds. The van der Waals surface area contributed by atoms with Crippen molar-refractivity contribution in [2.45, 2.75) is 50.7 Å². The second kappa shape index (κ2) is 12.0. The van der Waals surface area contributed by atoms with Gasteiger partial charge in [0.2, 0.25) is 0 Å². The molecule has 0 aromatic carbocycles. The SMILES string of the molecule is C[C@H](OCN[C@@H](CNc1cc(N2CCC(c3ccc4c(n3)NCCC4)CC2)ncn1)C(=O)O)C(=O)O. The van der Waals surface area contributed by atoms with E-state index in [0.717, 1.165) is 62.6 Å². The highest BCUT2D eigenvalue weighted by Gasteiger charge is 2.24. The summed E-state index contributed by atoms with van der Waals surface area (Å²) in [5.41, 5.74) is 2.44. The molecule has 0 spiro atoms. The van der Waals surface area contributed by atoms with Gasteiger partial charge in [-0.05, 0) is 44.2 Å². The molecule has 194 valence electrons. The summed E-state index contributed by atoms with van der Waals surface area (Å²) in [6.45, 7) is 3.87. The number of carboxylic acid groups (broad SMARTS) is 2. The lowest BCUT2D eigenvalue weighted by molar-refractivity contribution is -0.150. The Labute approximate surface area is 209 Å². The minimum Gasteiger partial charge on any atom is -0.480 e. The van der Waals surface area contributed by atoms with Gasteiger partial charge >= 0.3 is 11.9 Å².